The van der Waals surface area contributed by atoms with E-state index in [2.05, 4.69) is 10.3 Å². The number of anilines is 1. The summed E-state index contributed by atoms with van der Waals surface area (Å²) in [6.45, 7) is 2.47. The lowest BCUT2D eigenvalue weighted by Gasteiger charge is -2.09. The molecule has 3 rings (SSSR count). The van der Waals surface area contributed by atoms with E-state index in [0.717, 1.165) is 22.6 Å². The second-order valence-corrected chi connectivity index (χ2v) is 6.79. The molecule has 7 heteroatoms. The Balaban J connectivity index is 1.64. The average molecular weight is 410 g/mol. The SMILES string of the molecule is CCOc1ccc(C=CC(=O)Nc2nc(-c3ccc(OC)cc3)cs2)cc1OC. The molecule has 0 aliphatic rings. The van der Waals surface area contributed by atoms with Crippen molar-refractivity contribution in [3.63, 3.8) is 0 Å². The van der Waals surface area contributed by atoms with Gasteiger partial charge in [-0.05, 0) is 55.0 Å². The molecule has 1 heterocycles. The topological polar surface area (TPSA) is 69.7 Å². The third-order valence-corrected chi connectivity index (χ3v) is 4.79. The Labute approximate surface area is 173 Å². The Morgan fingerprint density at radius 3 is 2.59 bits per heavy atom. The minimum absolute atomic E-state index is 0.256. The minimum Gasteiger partial charge on any atom is -0.497 e. The molecule has 2 aromatic carbocycles. The van der Waals surface area contributed by atoms with Gasteiger partial charge in [0.05, 0.1) is 26.5 Å². The fourth-order valence-corrected chi connectivity index (χ4v) is 3.33. The Morgan fingerprint density at radius 1 is 1.10 bits per heavy atom. The number of nitrogens with zero attached hydrogens (tertiary/aromatic N) is 1. The van der Waals surface area contributed by atoms with Gasteiger partial charge in [-0.15, -0.1) is 11.3 Å². The van der Waals surface area contributed by atoms with E-state index in [1.165, 1.54) is 17.4 Å². The van der Waals surface area contributed by atoms with E-state index in [9.17, 15) is 4.79 Å². The zero-order chi connectivity index (χ0) is 20.6. The maximum absolute atomic E-state index is 12.2. The highest BCUT2D eigenvalue weighted by molar-refractivity contribution is 7.14. The van der Waals surface area contributed by atoms with Gasteiger partial charge < -0.3 is 14.2 Å². The third kappa shape index (κ3) is 5.36. The number of hydrogen-bond acceptors (Lipinski definition) is 6. The molecule has 0 unspecified atom stereocenters. The minimum atomic E-state index is -0.256. The standard InChI is InChI=1S/C22H22N2O4S/c1-4-28-19-11-5-15(13-20(19)27-3)6-12-21(25)24-22-23-18(14-29-22)16-7-9-17(26-2)10-8-16/h5-14H,4H2,1-3H3,(H,23,24,25). The monoisotopic (exact) mass is 410 g/mol. The number of aromatic nitrogens is 1. The summed E-state index contributed by atoms with van der Waals surface area (Å²) in [5.41, 5.74) is 2.59. The molecule has 1 amide bonds. The maximum atomic E-state index is 12.2. The number of thiazole rings is 1. The van der Waals surface area contributed by atoms with Crippen molar-refractivity contribution in [2.24, 2.45) is 0 Å². The zero-order valence-corrected chi connectivity index (χ0v) is 17.3. The predicted octanol–water partition coefficient (Wildman–Crippen LogP) is 4.88. The van der Waals surface area contributed by atoms with Gasteiger partial charge >= 0.3 is 0 Å². The lowest BCUT2D eigenvalue weighted by molar-refractivity contribution is -0.111. The van der Waals surface area contributed by atoms with Crippen molar-refractivity contribution < 1.29 is 19.0 Å². The van der Waals surface area contributed by atoms with Crippen LogP contribution in [0, 0.1) is 0 Å². The number of carbonyl (C=O) groups is 1. The number of amides is 1. The van der Waals surface area contributed by atoms with Gasteiger partial charge in [0.1, 0.15) is 5.75 Å². The van der Waals surface area contributed by atoms with Gasteiger partial charge in [0, 0.05) is 17.0 Å². The van der Waals surface area contributed by atoms with Crippen LogP contribution in [-0.4, -0.2) is 31.7 Å². The van der Waals surface area contributed by atoms with Crippen LogP contribution in [0.2, 0.25) is 0 Å². The highest BCUT2D eigenvalue weighted by atomic mass is 32.1. The van der Waals surface area contributed by atoms with Crippen LogP contribution in [-0.2, 0) is 4.79 Å². The summed E-state index contributed by atoms with van der Waals surface area (Å²) in [5, 5.41) is 5.22. The summed E-state index contributed by atoms with van der Waals surface area (Å²) >= 11 is 1.37. The fraction of sp³-hybridized carbons (Fsp3) is 0.182. The van der Waals surface area contributed by atoms with Gasteiger partial charge in [-0.3, -0.25) is 10.1 Å². The van der Waals surface area contributed by atoms with Crippen molar-refractivity contribution in [2.45, 2.75) is 6.92 Å². The Bertz CT molecular complexity index is 996. The normalized spacial score (nSPS) is 10.7. The molecular weight excluding hydrogens is 388 g/mol. The Kier molecular flexibility index (Phi) is 6.86. The van der Waals surface area contributed by atoms with Gasteiger partial charge in [0.15, 0.2) is 16.6 Å². The Hall–Kier alpha value is -3.32. The van der Waals surface area contributed by atoms with Crippen LogP contribution >= 0.6 is 11.3 Å². The fourth-order valence-electron chi connectivity index (χ4n) is 2.61. The molecule has 0 atom stereocenters. The van der Waals surface area contributed by atoms with E-state index < -0.39 is 0 Å². The number of nitrogens with one attached hydrogen (secondary N) is 1. The van der Waals surface area contributed by atoms with Gasteiger partial charge in [0.2, 0.25) is 5.91 Å². The van der Waals surface area contributed by atoms with E-state index >= 15 is 0 Å². The first kappa shape index (κ1) is 20.4. The van der Waals surface area contributed by atoms with Gasteiger partial charge in [0.25, 0.3) is 0 Å². The molecule has 1 N–H and O–H groups in total. The first-order valence-corrected chi connectivity index (χ1v) is 9.90. The molecule has 150 valence electrons. The Morgan fingerprint density at radius 2 is 1.90 bits per heavy atom. The molecule has 0 radical (unpaired) electrons. The molecule has 1 aromatic heterocycles. The van der Waals surface area contributed by atoms with Crippen LogP contribution in [0.15, 0.2) is 53.9 Å². The molecule has 6 nitrogen and oxygen atoms in total. The third-order valence-electron chi connectivity index (χ3n) is 4.03. The molecule has 3 aromatic rings. The number of benzene rings is 2. The molecule has 0 aliphatic carbocycles. The highest BCUT2D eigenvalue weighted by Crippen LogP contribution is 2.29. The van der Waals surface area contributed by atoms with E-state index in [0.29, 0.717) is 23.2 Å². The molecule has 29 heavy (non-hydrogen) atoms. The van der Waals surface area contributed by atoms with Crippen molar-refractivity contribution in [2.75, 3.05) is 26.1 Å². The summed E-state index contributed by atoms with van der Waals surface area (Å²) in [6, 6.07) is 13.1. The summed E-state index contributed by atoms with van der Waals surface area (Å²) in [4.78, 5) is 16.7. The largest absolute Gasteiger partial charge is 0.497 e. The summed E-state index contributed by atoms with van der Waals surface area (Å²) in [5.74, 6) is 1.82. The van der Waals surface area contributed by atoms with Gasteiger partial charge in [-0.1, -0.05) is 6.07 Å². The molecule has 0 fully saturated rings. The number of methoxy groups -OCH3 is 2. The number of carbonyl (C=O) groups excluding carboxylic acids is 1. The number of rotatable bonds is 8. The first-order valence-electron chi connectivity index (χ1n) is 9.02. The zero-order valence-electron chi connectivity index (χ0n) is 16.5. The van der Waals surface area contributed by atoms with E-state index in [-0.39, 0.29) is 5.91 Å². The second kappa shape index (κ2) is 9.75. The smallest absolute Gasteiger partial charge is 0.250 e. The van der Waals surface area contributed by atoms with Crippen molar-refractivity contribution >= 4 is 28.5 Å². The first-order chi connectivity index (χ1) is 14.1. The van der Waals surface area contributed by atoms with Crippen LogP contribution in [0.25, 0.3) is 17.3 Å². The summed E-state index contributed by atoms with van der Waals surface area (Å²) in [7, 11) is 3.21. The molecule has 0 aliphatic heterocycles. The molecule has 0 spiro atoms. The lowest BCUT2D eigenvalue weighted by Crippen LogP contribution is -2.07. The van der Waals surface area contributed by atoms with Crippen LogP contribution < -0.4 is 19.5 Å². The van der Waals surface area contributed by atoms with Crippen molar-refractivity contribution in [3.8, 4) is 28.5 Å². The van der Waals surface area contributed by atoms with Crippen LogP contribution in [0.1, 0.15) is 12.5 Å². The van der Waals surface area contributed by atoms with E-state index in [1.807, 2.05) is 54.8 Å². The maximum Gasteiger partial charge on any atom is 0.250 e. The van der Waals surface area contributed by atoms with E-state index in [4.69, 9.17) is 14.2 Å². The molecular formula is C22H22N2O4S. The van der Waals surface area contributed by atoms with Gasteiger partial charge in [-0.2, -0.15) is 0 Å². The van der Waals surface area contributed by atoms with Gasteiger partial charge in [-0.25, -0.2) is 4.98 Å². The lowest BCUT2D eigenvalue weighted by atomic mass is 10.2. The average Bonchev–Trinajstić information content (AvgIpc) is 3.21. The summed E-state index contributed by atoms with van der Waals surface area (Å²) in [6.07, 6.45) is 3.18. The number of ether oxygens (including phenoxy) is 3. The van der Waals surface area contributed by atoms with Crippen LogP contribution in [0.4, 0.5) is 5.13 Å². The quantitative estimate of drug-likeness (QED) is 0.536. The second-order valence-electron chi connectivity index (χ2n) is 5.93. The molecule has 0 bridgehead atoms. The molecule has 0 saturated carbocycles. The van der Waals surface area contributed by atoms with Crippen molar-refractivity contribution in [1.29, 1.82) is 0 Å². The van der Waals surface area contributed by atoms with Crippen molar-refractivity contribution in [3.05, 3.63) is 59.5 Å². The van der Waals surface area contributed by atoms with E-state index in [1.54, 1.807) is 20.3 Å². The predicted molar refractivity (Wildman–Crippen MR) is 116 cm³/mol. The van der Waals surface area contributed by atoms with Crippen LogP contribution in [0.5, 0.6) is 17.2 Å². The highest BCUT2D eigenvalue weighted by Gasteiger charge is 2.08. The van der Waals surface area contributed by atoms with Crippen molar-refractivity contribution in [1.82, 2.24) is 4.98 Å². The van der Waals surface area contributed by atoms with Crippen LogP contribution in [0.3, 0.4) is 0 Å². The molecule has 0 saturated heterocycles. The number of hydrogen-bond donors (Lipinski definition) is 1. The summed E-state index contributed by atoms with van der Waals surface area (Å²) < 4.78 is 16.0.